The predicted molar refractivity (Wildman–Crippen MR) is 149 cm³/mol. The summed E-state index contributed by atoms with van der Waals surface area (Å²) in [6, 6.07) is 25.2. The van der Waals surface area contributed by atoms with Crippen LogP contribution in [0.4, 0.5) is 0 Å². The maximum atomic E-state index is 10.3. The fraction of sp³-hybridized carbons (Fsp3) is 0.0606. The number of aromatic nitrogens is 1. The Kier molecular flexibility index (Phi) is 5.28. The second-order valence-corrected chi connectivity index (χ2v) is 8.78. The molecule has 36 heavy (non-hydrogen) atoms. The molecule has 172 valence electrons. The smallest absolute Gasteiger partial charge is 0.134 e. The number of benzene rings is 3. The first kappa shape index (κ1) is 21.7. The van der Waals surface area contributed by atoms with Crippen LogP contribution in [-0.4, -0.2) is 4.57 Å². The maximum Gasteiger partial charge on any atom is 0.134 e. The van der Waals surface area contributed by atoms with Gasteiger partial charge in [0, 0.05) is 33.9 Å². The zero-order valence-electron chi connectivity index (χ0n) is 20.0. The van der Waals surface area contributed by atoms with Gasteiger partial charge in [0.25, 0.3) is 0 Å². The molecule has 0 bridgehead atoms. The van der Waals surface area contributed by atoms with Crippen molar-refractivity contribution in [3.05, 3.63) is 131 Å². The second-order valence-electron chi connectivity index (χ2n) is 8.78. The quantitative estimate of drug-likeness (QED) is 0.268. The number of furan rings is 1. The summed E-state index contributed by atoms with van der Waals surface area (Å²) in [4.78, 5) is 0. The highest BCUT2D eigenvalue weighted by molar-refractivity contribution is 6.10. The molecule has 0 N–H and O–H groups in total. The third-order valence-corrected chi connectivity index (χ3v) is 6.79. The van der Waals surface area contributed by atoms with Crippen LogP contribution in [0.3, 0.4) is 0 Å². The van der Waals surface area contributed by atoms with E-state index in [4.69, 9.17) is 4.42 Å². The number of allylic oxidation sites excluding steroid dienone is 4. The molecule has 0 fully saturated rings. The van der Waals surface area contributed by atoms with Gasteiger partial charge in [-0.2, -0.15) is 5.26 Å². The molecule has 1 aliphatic carbocycles. The normalized spacial score (nSPS) is 13.1. The Balaban J connectivity index is 1.75. The van der Waals surface area contributed by atoms with Crippen molar-refractivity contribution < 1.29 is 4.42 Å². The van der Waals surface area contributed by atoms with E-state index < -0.39 is 0 Å². The highest BCUT2D eigenvalue weighted by Crippen LogP contribution is 2.42. The second kappa shape index (κ2) is 8.76. The Morgan fingerprint density at radius 2 is 1.69 bits per heavy atom. The number of rotatable bonds is 4. The van der Waals surface area contributed by atoms with Gasteiger partial charge in [-0.15, -0.1) is 0 Å². The van der Waals surface area contributed by atoms with Crippen molar-refractivity contribution >= 4 is 39.5 Å². The van der Waals surface area contributed by atoms with Gasteiger partial charge in [0.05, 0.1) is 22.3 Å². The summed E-state index contributed by atoms with van der Waals surface area (Å²) in [7, 11) is 0. The average Bonchev–Trinajstić information content (AvgIpc) is 3.35. The van der Waals surface area contributed by atoms with E-state index in [-0.39, 0.29) is 0 Å². The Bertz CT molecular complexity index is 1740. The van der Waals surface area contributed by atoms with E-state index in [1.54, 1.807) is 6.08 Å². The molecular weight excluding hydrogens is 440 g/mol. The van der Waals surface area contributed by atoms with E-state index in [1.807, 2.05) is 25.1 Å². The molecule has 0 aliphatic heterocycles. The molecule has 0 unspecified atom stereocenters. The SMILES string of the molecule is C=Cc1oc2c(c1/C=C\C)C(c1cccc(C#N)c1-n1c3ccccc3c3ccccc31)=CC=CC2. The molecule has 0 radical (unpaired) electrons. The standard InChI is InChI=1S/C33H24N2O/c1-3-12-27-30(4-2)36-31-20-10-7-16-25(32(27)31)26-17-11-13-22(21-34)33(26)35-28-18-8-5-14-23(28)24-15-6-9-19-29(24)35/h3-19H,2,20H2,1H3/b12-3-. The number of nitrogens with zero attached hydrogens (tertiary/aromatic N) is 2. The Morgan fingerprint density at radius 1 is 0.972 bits per heavy atom. The molecule has 3 nitrogen and oxygen atoms in total. The Hall–Kier alpha value is -4.81. The first-order chi connectivity index (χ1) is 17.8. The summed E-state index contributed by atoms with van der Waals surface area (Å²) in [6.45, 7) is 5.98. The van der Waals surface area contributed by atoms with Crippen LogP contribution in [0.5, 0.6) is 0 Å². The number of hydrogen-bond acceptors (Lipinski definition) is 2. The fourth-order valence-corrected chi connectivity index (χ4v) is 5.34. The van der Waals surface area contributed by atoms with E-state index >= 15 is 0 Å². The molecule has 5 aromatic rings. The van der Waals surface area contributed by atoms with Crippen LogP contribution < -0.4 is 0 Å². The van der Waals surface area contributed by atoms with Crippen LogP contribution in [0.15, 0.2) is 102 Å². The van der Waals surface area contributed by atoms with E-state index in [1.165, 1.54) is 0 Å². The maximum absolute atomic E-state index is 10.3. The minimum Gasteiger partial charge on any atom is -0.460 e. The summed E-state index contributed by atoms with van der Waals surface area (Å²) in [5.74, 6) is 1.66. The zero-order valence-corrected chi connectivity index (χ0v) is 20.0. The van der Waals surface area contributed by atoms with Crippen LogP contribution >= 0.6 is 0 Å². The molecule has 0 saturated carbocycles. The first-order valence-corrected chi connectivity index (χ1v) is 12.1. The molecule has 0 saturated heterocycles. The molecule has 1 aliphatic rings. The average molecular weight is 465 g/mol. The van der Waals surface area contributed by atoms with Crippen LogP contribution in [0.1, 0.15) is 40.7 Å². The minimum absolute atomic E-state index is 0.620. The van der Waals surface area contributed by atoms with Gasteiger partial charge in [0.1, 0.15) is 17.6 Å². The lowest BCUT2D eigenvalue weighted by Gasteiger charge is -2.18. The largest absolute Gasteiger partial charge is 0.460 e. The Morgan fingerprint density at radius 3 is 2.36 bits per heavy atom. The number of para-hydroxylation sites is 3. The van der Waals surface area contributed by atoms with Crippen molar-refractivity contribution in [1.82, 2.24) is 4.57 Å². The first-order valence-electron chi connectivity index (χ1n) is 12.1. The third kappa shape index (κ3) is 3.20. The predicted octanol–water partition coefficient (Wildman–Crippen LogP) is 8.47. The van der Waals surface area contributed by atoms with E-state index in [0.717, 1.165) is 61.3 Å². The van der Waals surface area contributed by atoms with Crippen molar-refractivity contribution in [2.24, 2.45) is 0 Å². The fourth-order valence-electron chi connectivity index (χ4n) is 5.34. The van der Waals surface area contributed by atoms with Crippen molar-refractivity contribution in [2.75, 3.05) is 0 Å². The highest BCUT2D eigenvalue weighted by atomic mass is 16.3. The third-order valence-electron chi connectivity index (χ3n) is 6.79. The molecule has 0 spiro atoms. The van der Waals surface area contributed by atoms with Crippen LogP contribution in [0.25, 0.3) is 45.2 Å². The monoisotopic (exact) mass is 464 g/mol. The van der Waals surface area contributed by atoms with Gasteiger partial charge < -0.3 is 8.98 Å². The van der Waals surface area contributed by atoms with Gasteiger partial charge in [0.2, 0.25) is 0 Å². The van der Waals surface area contributed by atoms with Crippen molar-refractivity contribution in [3.8, 4) is 11.8 Å². The van der Waals surface area contributed by atoms with Gasteiger partial charge in [0.15, 0.2) is 0 Å². The lowest BCUT2D eigenvalue weighted by Crippen LogP contribution is -2.04. The molecule has 2 heterocycles. The lowest BCUT2D eigenvalue weighted by atomic mass is 9.91. The molecule has 3 aromatic carbocycles. The van der Waals surface area contributed by atoms with E-state index in [0.29, 0.717) is 12.0 Å². The highest BCUT2D eigenvalue weighted by Gasteiger charge is 2.26. The molecular formula is C33H24N2O. The summed E-state index contributed by atoms with van der Waals surface area (Å²) in [5, 5.41) is 12.6. The summed E-state index contributed by atoms with van der Waals surface area (Å²) in [5.41, 5.74) is 7.69. The lowest BCUT2D eigenvalue weighted by molar-refractivity contribution is 0.513. The molecule has 6 rings (SSSR count). The number of nitriles is 1. The van der Waals surface area contributed by atoms with Gasteiger partial charge in [-0.25, -0.2) is 0 Å². The van der Waals surface area contributed by atoms with Crippen LogP contribution in [0, 0.1) is 11.3 Å². The molecule has 3 heteroatoms. The topological polar surface area (TPSA) is 41.9 Å². The van der Waals surface area contributed by atoms with Crippen molar-refractivity contribution in [2.45, 2.75) is 13.3 Å². The van der Waals surface area contributed by atoms with E-state index in [2.05, 4.69) is 96.1 Å². The minimum atomic E-state index is 0.620. The number of fused-ring (bicyclic) bond motifs is 4. The van der Waals surface area contributed by atoms with E-state index in [9.17, 15) is 5.26 Å². The summed E-state index contributed by atoms with van der Waals surface area (Å²) in [6.07, 6.45) is 12.9. The van der Waals surface area contributed by atoms with Gasteiger partial charge in [-0.3, -0.25) is 0 Å². The van der Waals surface area contributed by atoms with Gasteiger partial charge >= 0.3 is 0 Å². The van der Waals surface area contributed by atoms with Gasteiger partial charge in [-0.05, 0) is 36.8 Å². The molecule has 0 amide bonds. The molecule has 0 atom stereocenters. The number of hydrogen-bond donors (Lipinski definition) is 0. The van der Waals surface area contributed by atoms with Crippen molar-refractivity contribution in [3.63, 3.8) is 0 Å². The summed E-state index contributed by atoms with van der Waals surface area (Å²) >= 11 is 0. The van der Waals surface area contributed by atoms with Crippen molar-refractivity contribution in [1.29, 1.82) is 5.26 Å². The zero-order chi connectivity index (χ0) is 24.6. The van der Waals surface area contributed by atoms with Crippen LogP contribution in [0.2, 0.25) is 0 Å². The van der Waals surface area contributed by atoms with Gasteiger partial charge in [-0.1, -0.05) is 85.5 Å². The molecule has 2 aromatic heterocycles. The Labute approximate surface area is 210 Å². The summed E-state index contributed by atoms with van der Waals surface area (Å²) < 4.78 is 8.50. The van der Waals surface area contributed by atoms with Crippen LogP contribution in [-0.2, 0) is 6.42 Å².